The summed E-state index contributed by atoms with van der Waals surface area (Å²) < 4.78 is 5.05. The Bertz CT molecular complexity index is 449. The van der Waals surface area contributed by atoms with E-state index in [2.05, 4.69) is 10.6 Å². The molecule has 0 radical (unpaired) electrons. The maximum atomic E-state index is 12.0. The quantitative estimate of drug-likeness (QED) is 0.740. The van der Waals surface area contributed by atoms with E-state index in [9.17, 15) is 14.4 Å². The van der Waals surface area contributed by atoms with Gasteiger partial charge in [0, 0.05) is 12.6 Å². The number of carbonyl (C=O) groups excluding carboxylic acids is 3. The van der Waals surface area contributed by atoms with Gasteiger partial charge in [-0.15, -0.1) is 0 Å². The summed E-state index contributed by atoms with van der Waals surface area (Å²) in [7, 11) is 0. The Hall–Kier alpha value is -1.63. The van der Waals surface area contributed by atoms with Gasteiger partial charge in [-0.05, 0) is 39.2 Å². The lowest BCUT2D eigenvalue weighted by Gasteiger charge is -2.30. The van der Waals surface area contributed by atoms with E-state index < -0.39 is 6.03 Å². The summed E-state index contributed by atoms with van der Waals surface area (Å²) in [6.45, 7) is 3.56. The highest BCUT2D eigenvalue weighted by Gasteiger charge is 2.28. The van der Waals surface area contributed by atoms with Crippen molar-refractivity contribution in [3.63, 3.8) is 0 Å². The number of hydrogen-bond donors (Lipinski definition) is 2. The summed E-state index contributed by atoms with van der Waals surface area (Å²) >= 11 is 0. The second-order valence-electron chi connectivity index (χ2n) is 6.68. The number of ether oxygens (including phenoxy) is 1. The van der Waals surface area contributed by atoms with Crippen LogP contribution in [0, 0.1) is 5.92 Å². The van der Waals surface area contributed by atoms with Gasteiger partial charge in [0.1, 0.15) is 0 Å². The number of carbonyl (C=O) groups is 3. The van der Waals surface area contributed by atoms with E-state index in [0.29, 0.717) is 13.2 Å². The van der Waals surface area contributed by atoms with Gasteiger partial charge in [0.15, 0.2) is 0 Å². The van der Waals surface area contributed by atoms with Gasteiger partial charge in [-0.3, -0.25) is 19.8 Å². The molecular weight excluding hydrogens is 310 g/mol. The normalized spacial score (nSPS) is 22.6. The van der Waals surface area contributed by atoms with Crippen LogP contribution in [0.2, 0.25) is 0 Å². The molecule has 2 aliphatic rings. The number of piperidine rings is 1. The van der Waals surface area contributed by atoms with Crippen LogP contribution in [0.25, 0.3) is 0 Å². The first-order valence-corrected chi connectivity index (χ1v) is 9.07. The first-order chi connectivity index (χ1) is 11.6. The van der Waals surface area contributed by atoms with Crippen LogP contribution in [0.3, 0.4) is 0 Å². The standard InChI is InChI=1S/C17H29N3O4/c1-2-24-16(22)13-7-6-10-20(11-13)12-15(21)19-17(23)18-14-8-4-3-5-9-14/h13-14H,2-12H2,1H3,(H2,18,19,21,23). The van der Waals surface area contributed by atoms with E-state index in [0.717, 1.165) is 45.1 Å². The van der Waals surface area contributed by atoms with E-state index in [1.54, 1.807) is 6.92 Å². The Morgan fingerprint density at radius 3 is 2.54 bits per heavy atom. The van der Waals surface area contributed by atoms with Gasteiger partial charge in [-0.25, -0.2) is 4.79 Å². The van der Waals surface area contributed by atoms with Crippen LogP contribution in [0.4, 0.5) is 4.79 Å². The second-order valence-corrected chi connectivity index (χ2v) is 6.68. The lowest BCUT2D eigenvalue weighted by molar-refractivity contribution is -0.150. The van der Waals surface area contributed by atoms with Crippen LogP contribution in [0.15, 0.2) is 0 Å². The van der Waals surface area contributed by atoms with Crippen molar-refractivity contribution in [2.45, 2.75) is 57.9 Å². The number of esters is 1. The molecule has 0 bridgehead atoms. The van der Waals surface area contributed by atoms with E-state index in [-0.39, 0.29) is 30.4 Å². The zero-order chi connectivity index (χ0) is 17.4. The predicted molar refractivity (Wildman–Crippen MR) is 89.3 cm³/mol. The Morgan fingerprint density at radius 1 is 1.08 bits per heavy atom. The molecule has 0 aromatic heterocycles. The van der Waals surface area contributed by atoms with Crippen molar-refractivity contribution < 1.29 is 19.1 Å². The number of imide groups is 1. The van der Waals surface area contributed by atoms with Crippen LogP contribution in [-0.2, 0) is 14.3 Å². The maximum absolute atomic E-state index is 12.0. The van der Waals surface area contributed by atoms with Crippen LogP contribution in [0.1, 0.15) is 51.9 Å². The molecule has 2 fully saturated rings. The number of hydrogen-bond acceptors (Lipinski definition) is 5. The van der Waals surface area contributed by atoms with Crippen LogP contribution >= 0.6 is 0 Å². The molecular formula is C17H29N3O4. The third-order valence-electron chi connectivity index (χ3n) is 4.69. The molecule has 0 aromatic rings. The highest BCUT2D eigenvalue weighted by Crippen LogP contribution is 2.18. The molecule has 136 valence electrons. The van der Waals surface area contributed by atoms with Crippen molar-refractivity contribution in [1.82, 2.24) is 15.5 Å². The van der Waals surface area contributed by atoms with Crippen LogP contribution in [-0.4, -0.2) is 55.1 Å². The fourth-order valence-electron chi connectivity index (χ4n) is 3.49. The summed E-state index contributed by atoms with van der Waals surface area (Å²) in [5, 5.41) is 5.26. The molecule has 1 atom stereocenters. The zero-order valence-corrected chi connectivity index (χ0v) is 14.5. The molecule has 24 heavy (non-hydrogen) atoms. The fraction of sp³-hybridized carbons (Fsp3) is 0.824. The van der Waals surface area contributed by atoms with Crippen LogP contribution < -0.4 is 10.6 Å². The van der Waals surface area contributed by atoms with Gasteiger partial charge < -0.3 is 10.1 Å². The molecule has 1 heterocycles. The molecule has 3 amide bonds. The zero-order valence-electron chi connectivity index (χ0n) is 14.5. The molecule has 1 saturated heterocycles. The van der Waals surface area contributed by atoms with Gasteiger partial charge in [0.2, 0.25) is 5.91 Å². The molecule has 7 heteroatoms. The SMILES string of the molecule is CCOC(=O)C1CCCN(CC(=O)NC(=O)NC2CCCCC2)C1. The lowest BCUT2D eigenvalue weighted by atomic mass is 9.96. The predicted octanol–water partition coefficient (Wildman–Crippen LogP) is 1.42. The monoisotopic (exact) mass is 339 g/mol. The third kappa shape index (κ3) is 6.11. The smallest absolute Gasteiger partial charge is 0.321 e. The summed E-state index contributed by atoms with van der Waals surface area (Å²) in [5.41, 5.74) is 0. The summed E-state index contributed by atoms with van der Waals surface area (Å²) in [6.07, 6.45) is 7.08. The number of urea groups is 1. The van der Waals surface area contributed by atoms with E-state index in [4.69, 9.17) is 4.74 Å². The van der Waals surface area contributed by atoms with Gasteiger partial charge in [-0.1, -0.05) is 19.3 Å². The molecule has 1 aliphatic carbocycles. The molecule has 2 rings (SSSR count). The summed E-state index contributed by atoms with van der Waals surface area (Å²) in [4.78, 5) is 37.6. The molecule has 0 spiro atoms. The minimum Gasteiger partial charge on any atom is -0.466 e. The van der Waals surface area contributed by atoms with Crippen molar-refractivity contribution in [1.29, 1.82) is 0 Å². The molecule has 1 aliphatic heterocycles. The van der Waals surface area contributed by atoms with E-state index in [1.807, 2.05) is 4.90 Å². The Morgan fingerprint density at radius 2 is 1.83 bits per heavy atom. The molecule has 1 saturated carbocycles. The average Bonchev–Trinajstić information content (AvgIpc) is 2.56. The average molecular weight is 339 g/mol. The topological polar surface area (TPSA) is 87.7 Å². The first-order valence-electron chi connectivity index (χ1n) is 9.07. The molecule has 2 N–H and O–H groups in total. The largest absolute Gasteiger partial charge is 0.466 e. The van der Waals surface area contributed by atoms with Crippen molar-refractivity contribution in [2.24, 2.45) is 5.92 Å². The molecule has 0 aromatic carbocycles. The highest BCUT2D eigenvalue weighted by atomic mass is 16.5. The lowest BCUT2D eigenvalue weighted by Crippen LogP contribution is -2.49. The second kappa shape index (κ2) is 9.61. The summed E-state index contributed by atoms with van der Waals surface area (Å²) in [5.74, 6) is -0.701. The minimum absolute atomic E-state index is 0.133. The van der Waals surface area contributed by atoms with Gasteiger partial charge in [0.05, 0.1) is 19.1 Å². The Kier molecular flexibility index (Phi) is 7.49. The fourth-order valence-corrected chi connectivity index (χ4v) is 3.49. The number of nitrogens with zero attached hydrogens (tertiary/aromatic N) is 1. The van der Waals surface area contributed by atoms with Crippen LogP contribution in [0.5, 0.6) is 0 Å². The number of likely N-dealkylation sites (tertiary alicyclic amines) is 1. The number of amides is 3. The van der Waals surface area contributed by atoms with Gasteiger partial charge >= 0.3 is 12.0 Å². The molecule has 1 unspecified atom stereocenters. The molecule has 7 nitrogen and oxygen atoms in total. The number of nitrogens with one attached hydrogen (secondary N) is 2. The van der Waals surface area contributed by atoms with Crippen molar-refractivity contribution >= 4 is 17.9 Å². The Balaban J connectivity index is 1.70. The Labute approximate surface area is 143 Å². The third-order valence-corrected chi connectivity index (χ3v) is 4.69. The minimum atomic E-state index is -0.411. The van der Waals surface area contributed by atoms with Crippen molar-refractivity contribution in [3.8, 4) is 0 Å². The highest BCUT2D eigenvalue weighted by molar-refractivity contribution is 5.95. The van der Waals surface area contributed by atoms with E-state index >= 15 is 0 Å². The van der Waals surface area contributed by atoms with Gasteiger partial charge in [0.25, 0.3) is 0 Å². The van der Waals surface area contributed by atoms with Crippen molar-refractivity contribution in [3.05, 3.63) is 0 Å². The first kappa shape index (κ1) is 18.7. The summed E-state index contributed by atoms with van der Waals surface area (Å²) in [6, 6.07) is -0.236. The van der Waals surface area contributed by atoms with Gasteiger partial charge in [-0.2, -0.15) is 0 Å². The van der Waals surface area contributed by atoms with E-state index in [1.165, 1.54) is 6.42 Å². The van der Waals surface area contributed by atoms with Crippen molar-refractivity contribution in [2.75, 3.05) is 26.2 Å². The number of rotatable bonds is 5. The maximum Gasteiger partial charge on any atom is 0.321 e.